The maximum absolute atomic E-state index is 9.59. The molecule has 16 heavy (non-hydrogen) atoms. The quantitative estimate of drug-likeness (QED) is 0.327. The molecule has 0 bridgehead atoms. The van der Waals surface area contributed by atoms with Crippen LogP contribution in [-0.4, -0.2) is 87.7 Å². The first-order valence-electron chi connectivity index (χ1n) is 5.06. The third-order valence-electron chi connectivity index (χ3n) is 3.03. The van der Waals surface area contributed by atoms with E-state index in [9.17, 15) is 20.4 Å². The number of rotatable bonds is 2. The lowest BCUT2D eigenvalue weighted by molar-refractivity contribution is -0.914. The molecule has 0 aromatic heterocycles. The molecule has 1 aliphatic rings. The Labute approximate surface area is 105 Å². The van der Waals surface area contributed by atoms with Crippen LogP contribution in [-0.2, 0) is 0 Å². The molecule has 5 atom stereocenters. The Morgan fingerprint density at radius 1 is 1.00 bits per heavy atom. The van der Waals surface area contributed by atoms with Gasteiger partial charge < -0.3 is 47.0 Å². The number of quaternary nitrogens is 1. The summed E-state index contributed by atoms with van der Waals surface area (Å²) < 4.78 is 0.229. The summed E-state index contributed by atoms with van der Waals surface area (Å²) in [7, 11) is 1.76. The van der Waals surface area contributed by atoms with Crippen molar-refractivity contribution in [1.82, 2.24) is 0 Å². The van der Waals surface area contributed by atoms with E-state index in [1.54, 1.807) is 7.05 Å². The van der Waals surface area contributed by atoms with E-state index in [4.69, 9.17) is 5.11 Å². The van der Waals surface area contributed by atoms with Crippen LogP contribution in [0.25, 0.3) is 0 Å². The van der Waals surface area contributed by atoms with Crippen molar-refractivity contribution in [3.05, 3.63) is 0 Å². The zero-order chi connectivity index (χ0) is 11.6. The summed E-state index contributed by atoms with van der Waals surface area (Å²) in [6.07, 6.45) is -4.85. The van der Waals surface area contributed by atoms with Crippen molar-refractivity contribution < 1.29 is 47.0 Å². The second-order valence-corrected chi connectivity index (χ2v) is 4.55. The highest BCUT2D eigenvalue weighted by Gasteiger charge is 2.42. The summed E-state index contributed by atoms with van der Waals surface area (Å²) in [5.41, 5.74) is 0. The average Bonchev–Trinajstić information content (AvgIpc) is 2.19. The molecule has 1 aliphatic heterocycles. The van der Waals surface area contributed by atoms with Gasteiger partial charge in [-0.3, -0.25) is 0 Å². The highest BCUT2D eigenvalue weighted by molar-refractivity contribution is 4.84. The van der Waals surface area contributed by atoms with Gasteiger partial charge in [0.05, 0.1) is 13.7 Å². The lowest BCUT2D eigenvalue weighted by Gasteiger charge is -2.34. The van der Waals surface area contributed by atoms with Crippen LogP contribution in [0.2, 0.25) is 0 Å². The van der Waals surface area contributed by atoms with Gasteiger partial charge in [0.15, 0.2) is 0 Å². The zero-order valence-electron chi connectivity index (χ0n) is 9.20. The Balaban J connectivity index is 0.00000225. The molecule has 0 amide bonds. The minimum Gasteiger partial charge on any atom is -1.00 e. The second kappa shape index (κ2) is 6.25. The molecule has 1 rings (SSSR count). The molecule has 5 N–H and O–H groups in total. The molecular formula is C9H20BrNO5. The summed E-state index contributed by atoms with van der Waals surface area (Å²) in [4.78, 5) is 0. The summed E-state index contributed by atoms with van der Waals surface area (Å²) in [6, 6.07) is 0. The molecule has 0 radical (unpaired) electrons. The molecule has 0 aromatic rings. The van der Waals surface area contributed by atoms with E-state index in [0.717, 1.165) is 0 Å². The first-order chi connectivity index (χ1) is 6.89. The van der Waals surface area contributed by atoms with Crippen molar-refractivity contribution in [2.75, 3.05) is 33.3 Å². The number of halogens is 1. The number of aliphatic hydroxyl groups is 5. The van der Waals surface area contributed by atoms with E-state index in [1.165, 1.54) is 0 Å². The number of nitrogens with zero attached hydrogens (tertiary/aromatic N) is 1. The fraction of sp³-hybridized carbons (Fsp3) is 1.00. The molecule has 1 saturated heterocycles. The van der Waals surface area contributed by atoms with Gasteiger partial charge in [-0.05, 0) is 0 Å². The van der Waals surface area contributed by atoms with Gasteiger partial charge >= 0.3 is 0 Å². The van der Waals surface area contributed by atoms with Crippen LogP contribution >= 0.6 is 0 Å². The Bertz CT molecular complexity index is 202. The van der Waals surface area contributed by atoms with Crippen molar-refractivity contribution in [3.63, 3.8) is 0 Å². The van der Waals surface area contributed by atoms with Crippen molar-refractivity contribution in [2.24, 2.45) is 0 Å². The minimum absolute atomic E-state index is 0. The second-order valence-electron chi connectivity index (χ2n) is 4.55. The van der Waals surface area contributed by atoms with Crippen LogP contribution in [0.3, 0.4) is 0 Å². The zero-order valence-corrected chi connectivity index (χ0v) is 10.8. The molecule has 0 spiro atoms. The predicted molar refractivity (Wildman–Crippen MR) is 51.9 cm³/mol. The summed E-state index contributed by atoms with van der Waals surface area (Å²) in [5.74, 6) is 0. The van der Waals surface area contributed by atoms with E-state index in [0.29, 0.717) is 6.54 Å². The van der Waals surface area contributed by atoms with Gasteiger partial charge in [0.1, 0.15) is 44.1 Å². The Morgan fingerprint density at radius 3 is 1.69 bits per heavy atom. The van der Waals surface area contributed by atoms with E-state index in [1.807, 2.05) is 0 Å². The van der Waals surface area contributed by atoms with Gasteiger partial charge in [0.2, 0.25) is 0 Å². The molecule has 0 saturated carbocycles. The van der Waals surface area contributed by atoms with Gasteiger partial charge in [-0.15, -0.1) is 0 Å². The smallest absolute Gasteiger partial charge is 0.131 e. The SMILES string of the molecule is C[N+]1(CCO)C[C@@H](O)[C@@H](O)[C@H](O)[C@@H](O)C1.[Br-]. The summed E-state index contributed by atoms with van der Waals surface area (Å²) in [5, 5.41) is 47.0. The number of hydrogen-bond acceptors (Lipinski definition) is 5. The van der Waals surface area contributed by atoms with Crippen molar-refractivity contribution in [2.45, 2.75) is 24.4 Å². The van der Waals surface area contributed by atoms with Gasteiger partial charge in [-0.1, -0.05) is 0 Å². The maximum Gasteiger partial charge on any atom is 0.131 e. The molecular weight excluding hydrogens is 282 g/mol. The Kier molecular flexibility index (Phi) is 6.34. The van der Waals surface area contributed by atoms with Crippen LogP contribution in [0, 0.1) is 0 Å². The first-order valence-corrected chi connectivity index (χ1v) is 5.06. The highest BCUT2D eigenvalue weighted by Crippen LogP contribution is 2.18. The van der Waals surface area contributed by atoms with E-state index < -0.39 is 24.4 Å². The maximum atomic E-state index is 9.59. The van der Waals surface area contributed by atoms with Crippen LogP contribution in [0.4, 0.5) is 0 Å². The van der Waals surface area contributed by atoms with Gasteiger partial charge in [0.25, 0.3) is 0 Å². The molecule has 0 aliphatic carbocycles. The highest BCUT2D eigenvalue weighted by atomic mass is 79.9. The first kappa shape index (κ1) is 16.2. The molecule has 0 aromatic carbocycles. The fourth-order valence-electron chi connectivity index (χ4n) is 2.07. The number of aliphatic hydroxyl groups excluding tert-OH is 5. The van der Waals surface area contributed by atoms with Crippen LogP contribution in [0.5, 0.6) is 0 Å². The molecule has 98 valence electrons. The van der Waals surface area contributed by atoms with Gasteiger partial charge in [0, 0.05) is 0 Å². The largest absolute Gasteiger partial charge is 1.00 e. The monoisotopic (exact) mass is 301 g/mol. The van der Waals surface area contributed by atoms with Gasteiger partial charge in [-0.2, -0.15) is 0 Å². The van der Waals surface area contributed by atoms with E-state index in [2.05, 4.69) is 0 Å². The van der Waals surface area contributed by atoms with Crippen LogP contribution in [0.15, 0.2) is 0 Å². The lowest BCUT2D eigenvalue weighted by Crippen LogP contribution is -3.00. The number of likely N-dealkylation sites (tertiary alicyclic amines) is 1. The number of hydrogen-bond donors (Lipinski definition) is 5. The predicted octanol–water partition coefficient (Wildman–Crippen LogP) is -6.11. The normalized spacial score (nSPS) is 44.6. The van der Waals surface area contributed by atoms with Crippen LogP contribution in [0.1, 0.15) is 0 Å². The Hall–Kier alpha value is 0.240. The van der Waals surface area contributed by atoms with E-state index in [-0.39, 0.29) is 41.2 Å². The molecule has 6 nitrogen and oxygen atoms in total. The lowest BCUT2D eigenvalue weighted by atomic mass is 10.1. The van der Waals surface area contributed by atoms with Crippen molar-refractivity contribution in [3.8, 4) is 0 Å². The topological polar surface area (TPSA) is 101 Å². The molecule has 7 heteroatoms. The van der Waals surface area contributed by atoms with Crippen molar-refractivity contribution in [1.29, 1.82) is 0 Å². The summed E-state index contributed by atoms with van der Waals surface area (Å²) >= 11 is 0. The molecule has 1 unspecified atom stereocenters. The van der Waals surface area contributed by atoms with Crippen molar-refractivity contribution >= 4 is 0 Å². The van der Waals surface area contributed by atoms with E-state index >= 15 is 0 Å². The summed E-state index contributed by atoms with van der Waals surface area (Å²) in [6.45, 7) is 0.710. The molecule has 1 fully saturated rings. The minimum atomic E-state index is -1.33. The molecule has 1 heterocycles. The fourth-order valence-corrected chi connectivity index (χ4v) is 2.07. The van der Waals surface area contributed by atoms with Gasteiger partial charge in [-0.25, -0.2) is 0 Å². The average molecular weight is 302 g/mol. The third kappa shape index (κ3) is 3.63. The van der Waals surface area contributed by atoms with Crippen LogP contribution < -0.4 is 17.0 Å². The third-order valence-corrected chi connectivity index (χ3v) is 3.03. The Morgan fingerprint density at radius 2 is 1.38 bits per heavy atom. The standard InChI is InChI=1S/C9H20NO5.BrH/c1-10(2-3-11)4-6(12)8(14)9(15)7(13)5-10;/h6-9,11-15H,2-5H2,1H3;1H/q+1;/p-1/t6-,7+,8-,9-,10?;/m1./s1. The number of likely N-dealkylation sites (N-methyl/N-ethyl adjacent to an activating group) is 1.